The minimum atomic E-state index is -0.491. The summed E-state index contributed by atoms with van der Waals surface area (Å²) in [6.45, 7) is 3.72. The summed E-state index contributed by atoms with van der Waals surface area (Å²) in [5, 5.41) is 13.2. The Labute approximate surface area is 109 Å². The molecule has 1 amide bonds. The van der Waals surface area contributed by atoms with Gasteiger partial charge in [-0.15, -0.1) is 23.7 Å². The highest BCUT2D eigenvalue weighted by atomic mass is 35.5. The van der Waals surface area contributed by atoms with E-state index in [0.717, 1.165) is 11.3 Å². The van der Waals surface area contributed by atoms with E-state index >= 15 is 0 Å². The molecule has 6 nitrogen and oxygen atoms in total. The van der Waals surface area contributed by atoms with Crippen molar-refractivity contribution in [1.29, 1.82) is 0 Å². The first-order valence-corrected chi connectivity index (χ1v) is 5.53. The van der Waals surface area contributed by atoms with Crippen LogP contribution in [0.4, 0.5) is 5.69 Å². The molecular formula is C9H14ClN3O3S. The number of aryl methyl sites for hydroxylation is 1. The molecule has 0 aromatic carbocycles. The van der Waals surface area contributed by atoms with Gasteiger partial charge in [0.15, 0.2) is 0 Å². The second kappa shape index (κ2) is 6.53. The van der Waals surface area contributed by atoms with Crippen LogP contribution in [0.25, 0.3) is 0 Å². The minimum Gasteiger partial charge on any atom is -0.348 e. The van der Waals surface area contributed by atoms with Gasteiger partial charge in [-0.25, -0.2) is 0 Å². The third kappa shape index (κ3) is 3.95. The Morgan fingerprint density at radius 1 is 1.71 bits per heavy atom. The number of hydrogen-bond donors (Lipinski definition) is 2. The van der Waals surface area contributed by atoms with Gasteiger partial charge in [0.2, 0.25) is 0 Å². The molecule has 17 heavy (non-hydrogen) atoms. The summed E-state index contributed by atoms with van der Waals surface area (Å²) >= 11 is 1.11. The molecule has 0 radical (unpaired) electrons. The molecule has 0 fully saturated rings. The van der Waals surface area contributed by atoms with Gasteiger partial charge in [-0.2, -0.15) is 0 Å². The van der Waals surface area contributed by atoms with Crippen molar-refractivity contribution < 1.29 is 9.72 Å². The first kappa shape index (κ1) is 15.8. The number of thiophene rings is 1. The van der Waals surface area contributed by atoms with Crippen molar-refractivity contribution in [2.24, 2.45) is 5.73 Å². The van der Waals surface area contributed by atoms with Crippen molar-refractivity contribution in [1.82, 2.24) is 5.32 Å². The van der Waals surface area contributed by atoms with Gasteiger partial charge < -0.3 is 11.1 Å². The Bertz CT molecular complexity index is 422. The van der Waals surface area contributed by atoms with E-state index in [1.54, 1.807) is 13.8 Å². The molecule has 96 valence electrons. The van der Waals surface area contributed by atoms with E-state index in [9.17, 15) is 14.9 Å². The van der Waals surface area contributed by atoms with Crippen LogP contribution in [0.3, 0.4) is 0 Å². The van der Waals surface area contributed by atoms with Crippen LogP contribution in [-0.2, 0) is 0 Å². The molecule has 1 rings (SSSR count). The Hall–Kier alpha value is -1.18. The number of nitro groups is 1. The highest BCUT2D eigenvalue weighted by Gasteiger charge is 2.19. The summed E-state index contributed by atoms with van der Waals surface area (Å²) in [6.07, 6.45) is 0. The van der Waals surface area contributed by atoms with Crippen LogP contribution >= 0.6 is 23.7 Å². The SMILES string of the molecule is Cc1sc(C(=O)N[C@@H](C)CN)cc1[N+](=O)[O-].Cl. The molecule has 0 aliphatic carbocycles. The monoisotopic (exact) mass is 279 g/mol. The minimum absolute atomic E-state index is 0. The predicted octanol–water partition coefficient (Wildman–Crippen LogP) is 1.46. The number of nitrogens with zero attached hydrogens (tertiary/aromatic N) is 1. The summed E-state index contributed by atoms with van der Waals surface area (Å²) in [5.41, 5.74) is 5.34. The fourth-order valence-corrected chi connectivity index (χ4v) is 2.01. The van der Waals surface area contributed by atoms with Crippen molar-refractivity contribution in [2.45, 2.75) is 19.9 Å². The summed E-state index contributed by atoms with van der Waals surface area (Å²) in [6, 6.07) is 1.15. The molecule has 0 spiro atoms. The summed E-state index contributed by atoms with van der Waals surface area (Å²) < 4.78 is 0. The van der Waals surface area contributed by atoms with Crippen LogP contribution in [-0.4, -0.2) is 23.4 Å². The highest BCUT2D eigenvalue weighted by molar-refractivity contribution is 7.14. The van der Waals surface area contributed by atoms with Gasteiger partial charge in [0.25, 0.3) is 11.6 Å². The van der Waals surface area contributed by atoms with Gasteiger partial charge in [0, 0.05) is 18.7 Å². The number of nitrogens with two attached hydrogens (primary N) is 1. The maximum absolute atomic E-state index is 11.6. The zero-order valence-corrected chi connectivity index (χ0v) is 11.1. The largest absolute Gasteiger partial charge is 0.348 e. The molecular weight excluding hydrogens is 266 g/mol. The van der Waals surface area contributed by atoms with Crippen molar-refractivity contribution in [3.05, 3.63) is 25.9 Å². The molecule has 0 bridgehead atoms. The molecule has 0 saturated carbocycles. The lowest BCUT2D eigenvalue weighted by atomic mass is 10.3. The van der Waals surface area contributed by atoms with Crippen LogP contribution in [0, 0.1) is 17.0 Å². The molecule has 1 aromatic rings. The van der Waals surface area contributed by atoms with Gasteiger partial charge >= 0.3 is 0 Å². The molecule has 1 aromatic heterocycles. The Morgan fingerprint density at radius 2 is 2.29 bits per heavy atom. The number of carbonyl (C=O) groups is 1. The highest BCUT2D eigenvalue weighted by Crippen LogP contribution is 2.27. The summed E-state index contributed by atoms with van der Waals surface area (Å²) in [5.74, 6) is -0.320. The number of nitrogens with one attached hydrogen (secondary N) is 1. The third-order valence-electron chi connectivity index (χ3n) is 2.04. The second-order valence-corrected chi connectivity index (χ2v) is 4.68. The molecule has 0 aliphatic heterocycles. The molecule has 1 atom stereocenters. The van der Waals surface area contributed by atoms with E-state index in [4.69, 9.17) is 5.73 Å². The van der Waals surface area contributed by atoms with E-state index in [2.05, 4.69) is 5.32 Å². The van der Waals surface area contributed by atoms with Crippen molar-refractivity contribution in [3.63, 3.8) is 0 Å². The van der Waals surface area contributed by atoms with E-state index in [1.165, 1.54) is 6.07 Å². The number of hydrogen-bond acceptors (Lipinski definition) is 5. The maximum atomic E-state index is 11.6. The van der Waals surface area contributed by atoms with Gasteiger partial charge in [-0.05, 0) is 13.8 Å². The van der Waals surface area contributed by atoms with Gasteiger partial charge in [0.1, 0.15) is 0 Å². The fraction of sp³-hybridized carbons (Fsp3) is 0.444. The molecule has 1 heterocycles. The lowest BCUT2D eigenvalue weighted by Crippen LogP contribution is -2.37. The molecule has 0 saturated heterocycles. The van der Waals surface area contributed by atoms with Crippen LogP contribution in [0.2, 0.25) is 0 Å². The second-order valence-electron chi connectivity index (χ2n) is 3.42. The number of rotatable bonds is 4. The molecule has 8 heteroatoms. The first-order chi connectivity index (χ1) is 7.45. The zero-order chi connectivity index (χ0) is 12.3. The smallest absolute Gasteiger partial charge is 0.283 e. The van der Waals surface area contributed by atoms with Gasteiger partial charge in [-0.1, -0.05) is 0 Å². The Balaban J connectivity index is 0.00000256. The van der Waals surface area contributed by atoms with E-state index in [-0.39, 0.29) is 30.0 Å². The Kier molecular flexibility index (Phi) is 6.08. The molecule has 3 N–H and O–H groups in total. The lowest BCUT2D eigenvalue weighted by Gasteiger charge is -2.09. The van der Waals surface area contributed by atoms with Gasteiger partial charge in [-0.3, -0.25) is 14.9 Å². The number of halogens is 1. The predicted molar refractivity (Wildman–Crippen MR) is 68.9 cm³/mol. The molecule has 0 aliphatic rings. The van der Waals surface area contributed by atoms with Crippen molar-refractivity contribution in [2.75, 3.05) is 6.54 Å². The van der Waals surface area contributed by atoms with E-state index < -0.39 is 4.92 Å². The van der Waals surface area contributed by atoms with E-state index in [1.807, 2.05) is 0 Å². The first-order valence-electron chi connectivity index (χ1n) is 4.71. The molecule has 0 unspecified atom stereocenters. The number of amides is 1. The quantitative estimate of drug-likeness (QED) is 0.644. The van der Waals surface area contributed by atoms with Gasteiger partial charge in [0.05, 0.1) is 14.7 Å². The Morgan fingerprint density at radius 3 is 2.71 bits per heavy atom. The van der Waals surface area contributed by atoms with Crippen LogP contribution in [0.1, 0.15) is 21.5 Å². The average Bonchev–Trinajstić information content (AvgIpc) is 2.60. The van der Waals surface area contributed by atoms with Crippen LogP contribution in [0.15, 0.2) is 6.07 Å². The summed E-state index contributed by atoms with van der Waals surface area (Å²) in [4.78, 5) is 22.6. The fourth-order valence-electron chi connectivity index (χ4n) is 1.12. The van der Waals surface area contributed by atoms with Crippen LogP contribution in [0.5, 0.6) is 0 Å². The average molecular weight is 280 g/mol. The standard InChI is InChI=1S/C9H13N3O3S.ClH/c1-5(4-10)11-9(13)8-3-7(12(14)15)6(2)16-8;/h3,5H,4,10H2,1-2H3,(H,11,13);1H/t5-;/m0./s1. The lowest BCUT2D eigenvalue weighted by molar-refractivity contribution is -0.385. The maximum Gasteiger partial charge on any atom is 0.283 e. The van der Waals surface area contributed by atoms with Crippen molar-refractivity contribution in [3.8, 4) is 0 Å². The van der Waals surface area contributed by atoms with Crippen LogP contribution < -0.4 is 11.1 Å². The third-order valence-corrected chi connectivity index (χ3v) is 3.08. The normalized spacial score (nSPS) is 11.5. The van der Waals surface area contributed by atoms with Crippen molar-refractivity contribution >= 4 is 35.3 Å². The van der Waals surface area contributed by atoms with E-state index in [0.29, 0.717) is 16.3 Å². The zero-order valence-electron chi connectivity index (χ0n) is 9.43. The topological polar surface area (TPSA) is 98.3 Å². The summed E-state index contributed by atoms with van der Waals surface area (Å²) in [7, 11) is 0. The number of carbonyl (C=O) groups excluding carboxylic acids is 1.